The van der Waals surface area contributed by atoms with Crippen LogP contribution in [0.5, 0.6) is 0 Å². The predicted molar refractivity (Wildman–Crippen MR) is 92.5 cm³/mol. The van der Waals surface area contributed by atoms with Crippen LogP contribution in [0.2, 0.25) is 0 Å². The number of benzene rings is 1. The molecular weight excluding hydrogens is 288 g/mol. The fourth-order valence-electron chi connectivity index (χ4n) is 3.27. The van der Waals surface area contributed by atoms with Gasteiger partial charge >= 0.3 is 0 Å². The molecule has 0 aliphatic carbocycles. The molecule has 0 spiro atoms. The minimum absolute atomic E-state index is 0.112. The average molecular weight is 316 g/mol. The first kappa shape index (κ1) is 17.5. The van der Waals surface area contributed by atoms with Crippen molar-refractivity contribution in [3.05, 3.63) is 34.9 Å². The second kappa shape index (κ2) is 8.14. The lowest BCUT2D eigenvalue weighted by Gasteiger charge is -2.33. The molecule has 1 atom stereocenters. The molecule has 126 valence electrons. The van der Waals surface area contributed by atoms with Crippen molar-refractivity contribution in [1.82, 2.24) is 10.2 Å². The zero-order chi connectivity index (χ0) is 16.8. The van der Waals surface area contributed by atoms with E-state index in [4.69, 9.17) is 0 Å². The van der Waals surface area contributed by atoms with E-state index in [9.17, 15) is 9.59 Å². The van der Waals surface area contributed by atoms with Gasteiger partial charge in [0.2, 0.25) is 5.91 Å². The summed E-state index contributed by atoms with van der Waals surface area (Å²) < 4.78 is 0. The Morgan fingerprint density at radius 1 is 1.22 bits per heavy atom. The van der Waals surface area contributed by atoms with Crippen molar-refractivity contribution in [2.24, 2.45) is 5.92 Å². The third kappa shape index (κ3) is 5.08. The first-order valence-electron chi connectivity index (χ1n) is 8.64. The van der Waals surface area contributed by atoms with Gasteiger partial charge < -0.3 is 10.2 Å². The molecule has 2 amide bonds. The number of piperidine rings is 1. The number of nitrogens with one attached hydrogen (secondary N) is 1. The van der Waals surface area contributed by atoms with Crippen LogP contribution < -0.4 is 5.32 Å². The van der Waals surface area contributed by atoms with Crippen LogP contribution >= 0.6 is 0 Å². The Bertz CT molecular complexity index is 548. The first-order valence-corrected chi connectivity index (χ1v) is 8.64. The van der Waals surface area contributed by atoms with Crippen LogP contribution in [0.15, 0.2) is 18.2 Å². The Kier molecular flexibility index (Phi) is 6.20. The lowest BCUT2D eigenvalue weighted by atomic mass is 9.96. The number of amides is 2. The van der Waals surface area contributed by atoms with Gasteiger partial charge in [-0.15, -0.1) is 0 Å². The molecule has 23 heavy (non-hydrogen) atoms. The van der Waals surface area contributed by atoms with Crippen molar-refractivity contribution in [3.63, 3.8) is 0 Å². The third-order valence-corrected chi connectivity index (χ3v) is 4.34. The molecule has 0 aromatic heterocycles. The van der Waals surface area contributed by atoms with E-state index in [-0.39, 0.29) is 11.8 Å². The monoisotopic (exact) mass is 316 g/mol. The van der Waals surface area contributed by atoms with E-state index in [1.807, 2.05) is 37.8 Å². The minimum Gasteiger partial charge on any atom is -0.356 e. The summed E-state index contributed by atoms with van der Waals surface area (Å²) in [7, 11) is 0. The van der Waals surface area contributed by atoms with Gasteiger partial charge in [-0.2, -0.15) is 0 Å². The lowest BCUT2D eigenvalue weighted by molar-refractivity contribution is -0.121. The summed E-state index contributed by atoms with van der Waals surface area (Å²) in [6.07, 6.45) is 3.53. The van der Waals surface area contributed by atoms with E-state index in [0.29, 0.717) is 18.9 Å². The number of carbonyl (C=O) groups is 2. The van der Waals surface area contributed by atoms with Gasteiger partial charge in [-0.3, -0.25) is 9.59 Å². The van der Waals surface area contributed by atoms with Crippen LogP contribution in [0, 0.1) is 19.8 Å². The van der Waals surface area contributed by atoms with Gasteiger partial charge in [0.05, 0.1) is 0 Å². The van der Waals surface area contributed by atoms with Gasteiger partial charge in [0.1, 0.15) is 0 Å². The SMILES string of the molecule is CCCC(=O)NC[C@H]1CCCN(C(=O)c2cc(C)cc(C)c2)C1. The van der Waals surface area contributed by atoms with E-state index in [1.165, 1.54) is 0 Å². The highest BCUT2D eigenvalue weighted by molar-refractivity contribution is 5.94. The summed E-state index contributed by atoms with van der Waals surface area (Å²) in [6, 6.07) is 6.00. The Morgan fingerprint density at radius 2 is 1.91 bits per heavy atom. The highest BCUT2D eigenvalue weighted by Crippen LogP contribution is 2.19. The maximum absolute atomic E-state index is 12.7. The van der Waals surface area contributed by atoms with E-state index in [2.05, 4.69) is 11.4 Å². The van der Waals surface area contributed by atoms with Crippen LogP contribution in [-0.2, 0) is 4.79 Å². The summed E-state index contributed by atoms with van der Waals surface area (Å²) in [5, 5.41) is 2.99. The van der Waals surface area contributed by atoms with E-state index in [0.717, 1.165) is 49.0 Å². The molecular formula is C19H28N2O2. The second-order valence-corrected chi connectivity index (χ2v) is 6.69. The van der Waals surface area contributed by atoms with Crippen LogP contribution in [-0.4, -0.2) is 36.3 Å². The zero-order valence-electron chi connectivity index (χ0n) is 14.5. The molecule has 0 bridgehead atoms. The van der Waals surface area contributed by atoms with Crippen molar-refractivity contribution < 1.29 is 9.59 Å². The average Bonchev–Trinajstić information content (AvgIpc) is 2.52. The second-order valence-electron chi connectivity index (χ2n) is 6.69. The van der Waals surface area contributed by atoms with E-state index < -0.39 is 0 Å². The van der Waals surface area contributed by atoms with Crippen molar-refractivity contribution in [1.29, 1.82) is 0 Å². The maximum Gasteiger partial charge on any atom is 0.253 e. The van der Waals surface area contributed by atoms with Gasteiger partial charge in [0, 0.05) is 31.6 Å². The van der Waals surface area contributed by atoms with Gasteiger partial charge in [-0.05, 0) is 51.2 Å². The summed E-state index contributed by atoms with van der Waals surface area (Å²) in [5.41, 5.74) is 3.01. The number of nitrogens with zero attached hydrogens (tertiary/aromatic N) is 1. The number of hydrogen-bond donors (Lipinski definition) is 1. The molecule has 0 radical (unpaired) electrons. The minimum atomic E-state index is 0.112. The largest absolute Gasteiger partial charge is 0.356 e. The molecule has 1 aliphatic rings. The Hall–Kier alpha value is -1.84. The fraction of sp³-hybridized carbons (Fsp3) is 0.579. The Balaban J connectivity index is 1.94. The lowest BCUT2D eigenvalue weighted by Crippen LogP contribution is -2.43. The maximum atomic E-state index is 12.7. The molecule has 4 nitrogen and oxygen atoms in total. The first-order chi connectivity index (χ1) is 11.0. The molecule has 2 rings (SSSR count). The highest BCUT2D eigenvalue weighted by atomic mass is 16.2. The van der Waals surface area contributed by atoms with Gasteiger partial charge in [-0.25, -0.2) is 0 Å². The molecule has 1 aliphatic heterocycles. The molecule has 1 aromatic rings. The Morgan fingerprint density at radius 3 is 2.57 bits per heavy atom. The highest BCUT2D eigenvalue weighted by Gasteiger charge is 2.24. The number of rotatable bonds is 5. The predicted octanol–water partition coefficient (Wildman–Crippen LogP) is 3.07. The smallest absolute Gasteiger partial charge is 0.253 e. The summed E-state index contributed by atoms with van der Waals surface area (Å²) in [6.45, 7) is 8.27. The van der Waals surface area contributed by atoms with Crippen LogP contribution in [0.3, 0.4) is 0 Å². The standard InChI is InChI=1S/C19H28N2O2/c1-4-6-18(22)20-12-16-7-5-8-21(13-16)19(23)17-10-14(2)9-15(3)11-17/h9-11,16H,4-8,12-13H2,1-3H3,(H,20,22)/t16-/m1/s1. The normalized spacial score (nSPS) is 17.9. The van der Waals surface area contributed by atoms with Gasteiger partial charge in [0.15, 0.2) is 0 Å². The molecule has 1 N–H and O–H groups in total. The van der Waals surface area contributed by atoms with Crippen LogP contribution in [0.25, 0.3) is 0 Å². The molecule has 0 saturated carbocycles. The number of hydrogen-bond acceptors (Lipinski definition) is 2. The van der Waals surface area contributed by atoms with Crippen LogP contribution in [0.1, 0.15) is 54.1 Å². The van der Waals surface area contributed by atoms with Gasteiger partial charge in [0.25, 0.3) is 5.91 Å². The molecule has 1 saturated heterocycles. The zero-order valence-corrected chi connectivity index (χ0v) is 14.5. The summed E-state index contributed by atoms with van der Waals surface area (Å²) in [4.78, 5) is 26.3. The molecule has 4 heteroatoms. The molecule has 1 aromatic carbocycles. The molecule has 1 heterocycles. The van der Waals surface area contributed by atoms with Crippen molar-refractivity contribution in [2.75, 3.05) is 19.6 Å². The van der Waals surface area contributed by atoms with E-state index >= 15 is 0 Å². The quantitative estimate of drug-likeness (QED) is 0.907. The van der Waals surface area contributed by atoms with E-state index in [1.54, 1.807) is 0 Å². The number of likely N-dealkylation sites (tertiary alicyclic amines) is 1. The fourth-order valence-corrected chi connectivity index (χ4v) is 3.27. The molecule has 0 unspecified atom stereocenters. The van der Waals surface area contributed by atoms with Crippen LogP contribution in [0.4, 0.5) is 0 Å². The summed E-state index contributed by atoms with van der Waals surface area (Å²) >= 11 is 0. The summed E-state index contributed by atoms with van der Waals surface area (Å²) in [5.74, 6) is 0.589. The molecule has 1 fully saturated rings. The Labute approximate surface area is 139 Å². The van der Waals surface area contributed by atoms with Crippen molar-refractivity contribution >= 4 is 11.8 Å². The van der Waals surface area contributed by atoms with Crippen molar-refractivity contribution in [3.8, 4) is 0 Å². The number of aryl methyl sites for hydroxylation is 2. The number of carbonyl (C=O) groups excluding carboxylic acids is 2. The van der Waals surface area contributed by atoms with Gasteiger partial charge in [-0.1, -0.05) is 24.1 Å². The third-order valence-electron chi connectivity index (χ3n) is 4.34. The topological polar surface area (TPSA) is 49.4 Å². The van der Waals surface area contributed by atoms with Crippen molar-refractivity contribution in [2.45, 2.75) is 46.5 Å².